The van der Waals surface area contributed by atoms with Crippen LogP contribution in [0.1, 0.15) is 71.6 Å². The van der Waals surface area contributed by atoms with Gasteiger partial charge in [0.05, 0.1) is 13.7 Å². The molecular weight excluding hydrogens is 288 g/mol. The van der Waals surface area contributed by atoms with Gasteiger partial charge in [0.15, 0.2) is 0 Å². The first kappa shape index (κ1) is 19.5. The van der Waals surface area contributed by atoms with Crippen molar-refractivity contribution in [2.75, 3.05) is 13.7 Å². The van der Waals surface area contributed by atoms with Crippen LogP contribution >= 0.6 is 0 Å². The van der Waals surface area contributed by atoms with Gasteiger partial charge < -0.3 is 9.47 Å². The molecular formula is C20H32O3. The smallest absolute Gasteiger partial charge is 0.306 e. The third kappa shape index (κ3) is 5.26. The molecule has 0 bridgehead atoms. The van der Waals surface area contributed by atoms with Crippen LogP contribution in [0.4, 0.5) is 0 Å². The number of hydrogen-bond donors (Lipinski definition) is 0. The van der Waals surface area contributed by atoms with E-state index in [1.807, 2.05) is 6.92 Å². The minimum absolute atomic E-state index is 0.0225. The fourth-order valence-corrected chi connectivity index (χ4v) is 2.58. The lowest BCUT2D eigenvalue weighted by molar-refractivity contribution is -0.143. The highest BCUT2D eigenvalue weighted by atomic mass is 16.5. The zero-order valence-corrected chi connectivity index (χ0v) is 16.0. The van der Waals surface area contributed by atoms with Crippen molar-refractivity contribution in [3.63, 3.8) is 0 Å². The number of aryl methyl sites for hydroxylation is 1. The average molecular weight is 320 g/mol. The summed E-state index contributed by atoms with van der Waals surface area (Å²) >= 11 is 0. The lowest BCUT2D eigenvalue weighted by Gasteiger charge is -2.29. The van der Waals surface area contributed by atoms with Crippen molar-refractivity contribution in [2.24, 2.45) is 0 Å². The number of carbonyl (C=O) groups excluding carboxylic acids is 1. The maximum absolute atomic E-state index is 11.7. The third-order valence-electron chi connectivity index (χ3n) is 3.95. The van der Waals surface area contributed by atoms with Gasteiger partial charge in [-0.3, -0.25) is 4.79 Å². The lowest BCUT2D eigenvalue weighted by atomic mass is 9.78. The SMILES string of the molecule is CCOC(=O)CCc1cc(C(C)(C)C)cc(C(C)(C)C)c1OC. The molecule has 0 unspecified atom stereocenters. The van der Waals surface area contributed by atoms with Gasteiger partial charge in [0, 0.05) is 12.0 Å². The molecule has 1 aromatic carbocycles. The molecule has 130 valence electrons. The second-order valence-corrected chi connectivity index (χ2v) is 8.02. The third-order valence-corrected chi connectivity index (χ3v) is 3.95. The Morgan fingerprint density at radius 3 is 2.09 bits per heavy atom. The van der Waals surface area contributed by atoms with Crippen LogP contribution in [0.2, 0.25) is 0 Å². The zero-order chi connectivity index (χ0) is 17.8. The summed E-state index contributed by atoms with van der Waals surface area (Å²) in [4.78, 5) is 11.7. The summed E-state index contributed by atoms with van der Waals surface area (Å²) in [7, 11) is 1.70. The van der Waals surface area contributed by atoms with Gasteiger partial charge in [0.1, 0.15) is 5.75 Å². The molecule has 0 atom stereocenters. The monoisotopic (exact) mass is 320 g/mol. The van der Waals surface area contributed by atoms with Crippen LogP contribution in [0.25, 0.3) is 0 Å². The number of rotatable bonds is 5. The van der Waals surface area contributed by atoms with Crippen molar-refractivity contribution in [2.45, 2.75) is 72.1 Å². The zero-order valence-electron chi connectivity index (χ0n) is 16.0. The molecule has 0 N–H and O–H groups in total. The highest BCUT2D eigenvalue weighted by molar-refractivity contribution is 5.70. The van der Waals surface area contributed by atoms with E-state index in [-0.39, 0.29) is 16.8 Å². The van der Waals surface area contributed by atoms with Crippen LogP contribution in [0.3, 0.4) is 0 Å². The molecule has 0 heterocycles. The summed E-state index contributed by atoms with van der Waals surface area (Å²) in [5, 5.41) is 0. The van der Waals surface area contributed by atoms with Gasteiger partial charge in [0.2, 0.25) is 0 Å². The summed E-state index contributed by atoms with van der Waals surface area (Å²) < 4.78 is 10.8. The number of methoxy groups -OCH3 is 1. The second-order valence-electron chi connectivity index (χ2n) is 8.02. The highest BCUT2D eigenvalue weighted by Crippen LogP contribution is 2.38. The van der Waals surface area contributed by atoms with Gasteiger partial charge in [-0.05, 0) is 35.3 Å². The van der Waals surface area contributed by atoms with Crippen LogP contribution in [0, 0.1) is 0 Å². The molecule has 1 rings (SSSR count). The van der Waals surface area contributed by atoms with Crippen molar-refractivity contribution < 1.29 is 14.3 Å². The molecule has 0 radical (unpaired) electrons. The normalized spacial score (nSPS) is 12.2. The molecule has 0 saturated heterocycles. The van der Waals surface area contributed by atoms with Gasteiger partial charge in [-0.15, -0.1) is 0 Å². The molecule has 1 aromatic rings. The topological polar surface area (TPSA) is 35.5 Å². The molecule has 3 nitrogen and oxygen atoms in total. The Hall–Kier alpha value is -1.51. The Labute approximate surface area is 141 Å². The van der Waals surface area contributed by atoms with Gasteiger partial charge in [-0.25, -0.2) is 0 Å². The minimum atomic E-state index is -0.159. The van der Waals surface area contributed by atoms with E-state index in [2.05, 4.69) is 53.7 Å². The number of carbonyl (C=O) groups is 1. The predicted octanol–water partition coefficient (Wildman–Crippen LogP) is 4.79. The van der Waals surface area contributed by atoms with Crippen molar-refractivity contribution >= 4 is 5.97 Å². The van der Waals surface area contributed by atoms with E-state index in [0.717, 1.165) is 11.3 Å². The number of ether oxygens (including phenoxy) is 2. The maximum Gasteiger partial charge on any atom is 0.306 e. The molecule has 0 aliphatic carbocycles. The summed E-state index contributed by atoms with van der Waals surface area (Å²) in [6.07, 6.45) is 1.01. The molecule has 0 saturated carbocycles. The van der Waals surface area contributed by atoms with Crippen LogP contribution in [-0.2, 0) is 26.8 Å². The van der Waals surface area contributed by atoms with E-state index in [1.54, 1.807) is 7.11 Å². The Kier molecular flexibility index (Phi) is 6.26. The Morgan fingerprint density at radius 1 is 1.04 bits per heavy atom. The molecule has 0 aromatic heterocycles. The fourth-order valence-electron chi connectivity index (χ4n) is 2.58. The molecule has 3 heteroatoms. The molecule has 0 spiro atoms. The fraction of sp³-hybridized carbons (Fsp3) is 0.650. The van der Waals surface area contributed by atoms with Crippen molar-refractivity contribution in [3.05, 3.63) is 28.8 Å². The van der Waals surface area contributed by atoms with Crippen LogP contribution in [0.5, 0.6) is 5.75 Å². The van der Waals surface area contributed by atoms with E-state index in [1.165, 1.54) is 11.1 Å². The molecule has 23 heavy (non-hydrogen) atoms. The first-order valence-corrected chi connectivity index (χ1v) is 8.38. The summed E-state index contributed by atoms with van der Waals surface area (Å²) in [5.74, 6) is 0.739. The van der Waals surface area contributed by atoms with Gasteiger partial charge in [0.25, 0.3) is 0 Å². The largest absolute Gasteiger partial charge is 0.496 e. The van der Waals surface area contributed by atoms with E-state index in [0.29, 0.717) is 19.4 Å². The number of hydrogen-bond acceptors (Lipinski definition) is 3. The maximum atomic E-state index is 11.7. The summed E-state index contributed by atoms with van der Waals surface area (Å²) in [5.41, 5.74) is 3.56. The van der Waals surface area contributed by atoms with Gasteiger partial charge in [-0.2, -0.15) is 0 Å². The molecule has 0 amide bonds. The van der Waals surface area contributed by atoms with Crippen LogP contribution in [0.15, 0.2) is 12.1 Å². The van der Waals surface area contributed by atoms with Gasteiger partial charge in [-0.1, -0.05) is 53.7 Å². The first-order chi connectivity index (χ1) is 10.5. The Bertz CT molecular complexity index is 545. The van der Waals surface area contributed by atoms with E-state index in [9.17, 15) is 4.79 Å². The standard InChI is InChI=1S/C20H32O3/c1-9-23-17(21)11-10-14-12-15(19(2,3)4)13-16(18(14)22-8)20(5,6)7/h12-13H,9-11H2,1-8H3. The molecule has 0 aliphatic heterocycles. The van der Waals surface area contributed by atoms with Gasteiger partial charge >= 0.3 is 5.97 Å². The van der Waals surface area contributed by atoms with E-state index >= 15 is 0 Å². The number of benzene rings is 1. The van der Waals surface area contributed by atoms with E-state index < -0.39 is 0 Å². The second kappa shape index (κ2) is 7.37. The van der Waals surface area contributed by atoms with Crippen molar-refractivity contribution in [1.82, 2.24) is 0 Å². The summed E-state index contributed by atoms with van der Waals surface area (Å²) in [6, 6.07) is 4.42. The first-order valence-electron chi connectivity index (χ1n) is 8.38. The highest BCUT2D eigenvalue weighted by Gasteiger charge is 2.25. The summed E-state index contributed by atoms with van der Waals surface area (Å²) in [6.45, 7) is 15.4. The van der Waals surface area contributed by atoms with Crippen LogP contribution < -0.4 is 4.74 Å². The van der Waals surface area contributed by atoms with E-state index in [4.69, 9.17) is 9.47 Å². The Morgan fingerprint density at radius 2 is 1.65 bits per heavy atom. The predicted molar refractivity (Wildman–Crippen MR) is 95.3 cm³/mol. The Balaban J connectivity index is 3.33. The average Bonchev–Trinajstić information content (AvgIpc) is 2.42. The van der Waals surface area contributed by atoms with Crippen molar-refractivity contribution in [3.8, 4) is 5.75 Å². The lowest BCUT2D eigenvalue weighted by Crippen LogP contribution is -2.19. The quantitative estimate of drug-likeness (QED) is 0.732. The molecule has 0 aliphatic rings. The minimum Gasteiger partial charge on any atom is -0.496 e. The van der Waals surface area contributed by atoms with Crippen molar-refractivity contribution in [1.29, 1.82) is 0 Å². The number of esters is 1. The van der Waals surface area contributed by atoms with Crippen LogP contribution in [-0.4, -0.2) is 19.7 Å². The molecule has 0 fully saturated rings.